The van der Waals surface area contributed by atoms with E-state index < -0.39 is 8.72 Å². The molecule has 1 aromatic heterocycles. The Labute approximate surface area is 127 Å². The highest BCUT2D eigenvalue weighted by Gasteiger charge is 2.28. The van der Waals surface area contributed by atoms with Gasteiger partial charge >= 0.3 is 0 Å². The Kier molecular flexibility index (Phi) is 3.94. The van der Waals surface area contributed by atoms with E-state index in [2.05, 4.69) is 15.0 Å². The molecule has 0 radical (unpaired) electrons. The molecule has 0 bridgehead atoms. The molecule has 7 nitrogen and oxygen atoms in total. The summed E-state index contributed by atoms with van der Waals surface area (Å²) in [7, 11) is 0. The Morgan fingerprint density at radius 1 is 1.20 bits per heavy atom. The number of nitro benzene ring substituents is 1. The van der Waals surface area contributed by atoms with Crippen molar-refractivity contribution in [3.8, 4) is 11.4 Å². The van der Waals surface area contributed by atoms with Gasteiger partial charge in [0.1, 0.15) is 0 Å². The van der Waals surface area contributed by atoms with Gasteiger partial charge in [0, 0.05) is 17.7 Å². The highest BCUT2D eigenvalue weighted by Crippen LogP contribution is 2.36. The van der Waals surface area contributed by atoms with Crippen LogP contribution in [0.4, 0.5) is 11.6 Å². The monoisotopic (exact) mass is 333 g/mol. The van der Waals surface area contributed by atoms with Gasteiger partial charge < -0.3 is 5.73 Å². The fourth-order valence-corrected chi connectivity index (χ4v) is 1.66. The molecule has 0 saturated carbocycles. The van der Waals surface area contributed by atoms with Gasteiger partial charge in [-0.1, -0.05) is 46.9 Å². The van der Waals surface area contributed by atoms with Crippen molar-refractivity contribution in [2.45, 2.75) is 3.79 Å². The number of nitrogens with two attached hydrogens (primary N) is 1. The number of nitrogen functional groups attached to an aromatic ring is 1. The second-order valence-corrected chi connectivity index (χ2v) is 5.93. The summed E-state index contributed by atoms with van der Waals surface area (Å²) in [4.78, 5) is 21.7. The van der Waals surface area contributed by atoms with E-state index in [0.29, 0.717) is 5.56 Å². The fourth-order valence-electron chi connectivity index (χ4n) is 1.41. The highest BCUT2D eigenvalue weighted by atomic mass is 35.6. The van der Waals surface area contributed by atoms with Crippen molar-refractivity contribution in [1.29, 1.82) is 0 Å². The Morgan fingerprint density at radius 3 is 2.50 bits per heavy atom. The number of anilines is 1. The summed E-state index contributed by atoms with van der Waals surface area (Å²) in [6.07, 6.45) is 0. The number of alkyl halides is 3. The smallest absolute Gasteiger partial charge is 0.270 e. The van der Waals surface area contributed by atoms with E-state index in [1.807, 2.05) is 0 Å². The molecular weight excluding hydrogens is 329 g/mol. The minimum absolute atomic E-state index is 0.0857. The quantitative estimate of drug-likeness (QED) is 0.514. The molecule has 1 aromatic carbocycles. The lowest BCUT2D eigenvalue weighted by Gasteiger charge is -2.10. The predicted molar refractivity (Wildman–Crippen MR) is 75.6 cm³/mol. The van der Waals surface area contributed by atoms with Crippen LogP contribution in [0.5, 0.6) is 0 Å². The van der Waals surface area contributed by atoms with Gasteiger partial charge in [0.25, 0.3) is 5.69 Å². The van der Waals surface area contributed by atoms with Crippen molar-refractivity contribution in [2.75, 3.05) is 5.73 Å². The third-order valence-electron chi connectivity index (χ3n) is 2.22. The maximum Gasteiger partial charge on any atom is 0.270 e. The summed E-state index contributed by atoms with van der Waals surface area (Å²) in [5, 5.41) is 10.7. The molecule has 1 heterocycles. The first-order valence-electron chi connectivity index (χ1n) is 5.11. The molecule has 0 aliphatic heterocycles. The molecule has 2 aromatic rings. The number of nitrogens with zero attached hydrogens (tertiary/aromatic N) is 4. The largest absolute Gasteiger partial charge is 0.368 e. The Morgan fingerprint density at radius 2 is 1.90 bits per heavy atom. The topological polar surface area (TPSA) is 108 Å². The van der Waals surface area contributed by atoms with Gasteiger partial charge in [-0.2, -0.15) is 9.97 Å². The van der Waals surface area contributed by atoms with Crippen molar-refractivity contribution in [1.82, 2.24) is 15.0 Å². The molecule has 0 aliphatic rings. The van der Waals surface area contributed by atoms with Gasteiger partial charge in [0.15, 0.2) is 11.6 Å². The van der Waals surface area contributed by atoms with E-state index >= 15 is 0 Å². The number of halogens is 3. The zero-order valence-corrected chi connectivity index (χ0v) is 11.9. The summed E-state index contributed by atoms with van der Waals surface area (Å²) < 4.78 is -1.87. The molecule has 0 unspecified atom stereocenters. The van der Waals surface area contributed by atoms with Crippen LogP contribution in [-0.4, -0.2) is 19.9 Å². The summed E-state index contributed by atoms with van der Waals surface area (Å²) in [6, 6.07) is 5.69. The van der Waals surface area contributed by atoms with Crippen LogP contribution in [0, 0.1) is 10.1 Å². The van der Waals surface area contributed by atoms with Gasteiger partial charge in [0.05, 0.1) is 4.92 Å². The Balaban J connectivity index is 2.55. The Hall–Kier alpha value is -1.70. The van der Waals surface area contributed by atoms with E-state index in [-0.39, 0.29) is 23.3 Å². The van der Waals surface area contributed by atoms with E-state index in [9.17, 15) is 10.1 Å². The van der Waals surface area contributed by atoms with Crippen LogP contribution >= 0.6 is 34.8 Å². The third kappa shape index (κ3) is 3.24. The second kappa shape index (κ2) is 5.35. The normalized spacial score (nSPS) is 11.3. The van der Waals surface area contributed by atoms with Crippen molar-refractivity contribution in [3.05, 3.63) is 40.2 Å². The molecule has 0 aliphatic carbocycles. The number of nitro groups is 1. The SMILES string of the molecule is Nc1nc(-c2cccc([N+](=O)[O-])c2)nc(C(Cl)(Cl)Cl)n1. The minimum Gasteiger partial charge on any atom is -0.368 e. The van der Waals surface area contributed by atoms with Crippen LogP contribution in [-0.2, 0) is 3.79 Å². The van der Waals surface area contributed by atoms with Gasteiger partial charge in [-0.25, -0.2) is 4.98 Å². The van der Waals surface area contributed by atoms with Crippen molar-refractivity contribution in [2.24, 2.45) is 0 Å². The lowest BCUT2D eigenvalue weighted by atomic mass is 10.2. The second-order valence-electron chi connectivity index (χ2n) is 3.65. The van der Waals surface area contributed by atoms with Crippen LogP contribution in [0.2, 0.25) is 0 Å². The molecule has 0 fully saturated rings. The maximum atomic E-state index is 10.7. The van der Waals surface area contributed by atoms with Crippen LogP contribution in [0.1, 0.15) is 5.82 Å². The first-order valence-corrected chi connectivity index (χ1v) is 6.24. The molecule has 20 heavy (non-hydrogen) atoms. The lowest BCUT2D eigenvalue weighted by Crippen LogP contribution is -2.12. The molecular formula is C10H6Cl3N5O2. The molecule has 0 amide bonds. The summed E-state index contributed by atoms with van der Waals surface area (Å²) in [6.45, 7) is 0. The molecule has 10 heteroatoms. The zero-order valence-electron chi connectivity index (χ0n) is 9.63. The van der Waals surface area contributed by atoms with Gasteiger partial charge in [0.2, 0.25) is 9.74 Å². The molecule has 2 rings (SSSR count). The summed E-state index contributed by atoms with van der Waals surface area (Å²) in [5.41, 5.74) is 5.77. The molecule has 2 N–H and O–H groups in total. The molecule has 0 saturated heterocycles. The Bertz CT molecular complexity index is 674. The number of non-ortho nitro benzene ring substituents is 1. The first kappa shape index (κ1) is 14.7. The van der Waals surface area contributed by atoms with Crippen LogP contribution in [0.3, 0.4) is 0 Å². The fraction of sp³-hybridized carbons (Fsp3) is 0.100. The van der Waals surface area contributed by atoms with Crippen LogP contribution in [0.25, 0.3) is 11.4 Å². The average Bonchev–Trinajstić information content (AvgIpc) is 2.37. The maximum absolute atomic E-state index is 10.7. The standard InChI is InChI=1S/C10H6Cl3N5O2/c11-10(12,13)8-15-7(16-9(14)17-8)5-2-1-3-6(4-5)18(19)20/h1-4H,(H2,14,15,16,17). The number of aromatic nitrogens is 3. The lowest BCUT2D eigenvalue weighted by molar-refractivity contribution is -0.384. The van der Waals surface area contributed by atoms with E-state index in [0.717, 1.165) is 0 Å². The molecule has 104 valence electrons. The minimum atomic E-state index is -1.87. The van der Waals surface area contributed by atoms with Gasteiger partial charge in [-0.05, 0) is 0 Å². The number of rotatable bonds is 2. The van der Waals surface area contributed by atoms with Crippen molar-refractivity contribution in [3.63, 3.8) is 0 Å². The third-order valence-corrected chi connectivity index (χ3v) is 2.73. The number of hydrogen-bond acceptors (Lipinski definition) is 6. The number of benzene rings is 1. The summed E-state index contributed by atoms with van der Waals surface area (Å²) >= 11 is 17.1. The van der Waals surface area contributed by atoms with Gasteiger partial charge in [-0.15, -0.1) is 0 Å². The van der Waals surface area contributed by atoms with Crippen molar-refractivity contribution < 1.29 is 4.92 Å². The van der Waals surface area contributed by atoms with E-state index in [4.69, 9.17) is 40.5 Å². The first-order chi connectivity index (χ1) is 9.27. The van der Waals surface area contributed by atoms with E-state index in [1.54, 1.807) is 6.07 Å². The molecule has 0 spiro atoms. The van der Waals surface area contributed by atoms with Crippen LogP contribution < -0.4 is 5.73 Å². The molecule has 0 atom stereocenters. The van der Waals surface area contributed by atoms with Crippen LogP contribution in [0.15, 0.2) is 24.3 Å². The zero-order chi connectivity index (χ0) is 14.9. The highest BCUT2D eigenvalue weighted by molar-refractivity contribution is 6.66. The number of hydrogen-bond donors (Lipinski definition) is 1. The summed E-state index contributed by atoms with van der Waals surface area (Å²) in [5.74, 6) is -0.220. The van der Waals surface area contributed by atoms with Gasteiger partial charge in [-0.3, -0.25) is 10.1 Å². The average molecular weight is 335 g/mol. The van der Waals surface area contributed by atoms with E-state index in [1.165, 1.54) is 18.2 Å². The predicted octanol–water partition coefficient (Wildman–Crippen LogP) is 2.86. The van der Waals surface area contributed by atoms with Crippen molar-refractivity contribution >= 4 is 46.4 Å².